The predicted molar refractivity (Wildman–Crippen MR) is 86.0 cm³/mol. The van der Waals surface area contributed by atoms with Crippen molar-refractivity contribution in [2.45, 2.75) is 25.5 Å². The lowest BCUT2D eigenvalue weighted by molar-refractivity contribution is 0.397. The molecule has 0 atom stereocenters. The molecule has 106 valence electrons. The van der Waals surface area contributed by atoms with Crippen LogP contribution in [0.2, 0.25) is 5.02 Å². The highest BCUT2D eigenvalue weighted by Gasteiger charge is 2.11. The summed E-state index contributed by atoms with van der Waals surface area (Å²) in [6.45, 7) is 6.29. The van der Waals surface area contributed by atoms with Crippen LogP contribution in [-0.2, 0) is 0 Å². The zero-order valence-electron chi connectivity index (χ0n) is 11.8. The van der Waals surface area contributed by atoms with Crippen LogP contribution in [0.15, 0.2) is 22.6 Å². The van der Waals surface area contributed by atoms with E-state index < -0.39 is 0 Å². The lowest BCUT2D eigenvalue weighted by Gasteiger charge is -2.12. The van der Waals surface area contributed by atoms with Gasteiger partial charge in [0, 0.05) is 9.77 Å². The van der Waals surface area contributed by atoms with E-state index in [9.17, 15) is 0 Å². The Kier molecular flexibility index (Phi) is 4.50. The first kappa shape index (κ1) is 15.1. The lowest BCUT2D eigenvalue weighted by atomic mass is 10.3. The van der Waals surface area contributed by atoms with Crippen LogP contribution in [0, 0.1) is 0 Å². The molecule has 0 bridgehead atoms. The highest BCUT2D eigenvalue weighted by Crippen LogP contribution is 2.25. The van der Waals surface area contributed by atoms with Gasteiger partial charge in [0.1, 0.15) is 5.69 Å². The summed E-state index contributed by atoms with van der Waals surface area (Å²) in [4.78, 5) is 8.90. The van der Waals surface area contributed by atoms with Gasteiger partial charge in [-0.1, -0.05) is 11.6 Å². The van der Waals surface area contributed by atoms with Gasteiger partial charge in [-0.15, -0.1) is 0 Å². The summed E-state index contributed by atoms with van der Waals surface area (Å²) in [5, 5.41) is 0.629. The SMILES string of the molecule is COc1nc2ccc(Cl)cc2nc1/C=N/SC(C)(C)C. The van der Waals surface area contributed by atoms with Crippen molar-refractivity contribution in [2.24, 2.45) is 4.40 Å². The summed E-state index contributed by atoms with van der Waals surface area (Å²) in [5.41, 5.74) is 2.06. The summed E-state index contributed by atoms with van der Waals surface area (Å²) < 4.78 is 9.64. The second-order valence-corrected chi connectivity index (χ2v) is 7.24. The molecule has 1 heterocycles. The van der Waals surface area contributed by atoms with Gasteiger partial charge in [0.2, 0.25) is 5.88 Å². The van der Waals surface area contributed by atoms with Gasteiger partial charge in [0.05, 0.1) is 24.4 Å². The van der Waals surface area contributed by atoms with Gasteiger partial charge >= 0.3 is 0 Å². The Balaban J connectivity index is 2.40. The molecule has 0 aliphatic heterocycles. The average molecular weight is 310 g/mol. The van der Waals surface area contributed by atoms with Crippen LogP contribution in [0.4, 0.5) is 0 Å². The molecule has 0 saturated carbocycles. The van der Waals surface area contributed by atoms with Crippen molar-refractivity contribution in [1.29, 1.82) is 0 Å². The minimum atomic E-state index is 0.0529. The molecule has 4 nitrogen and oxygen atoms in total. The molecular formula is C14H16ClN3OS. The Morgan fingerprint density at radius 3 is 2.65 bits per heavy atom. The lowest BCUT2D eigenvalue weighted by Crippen LogP contribution is -2.05. The number of aromatic nitrogens is 2. The minimum absolute atomic E-state index is 0.0529. The molecule has 0 unspecified atom stereocenters. The summed E-state index contributed by atoms with van der Waals surface area (Å²) in [6, 6.07) is 5.37. The van der Waals surface area contributed by atoms with Crippen LogP contribution in [0.1, 0.15) is 26.5 Å². The maximum atomic E-state index is 5.97. The van der Waals surface area contributed by atoms with Gasteiger partial charge in [-0.2, -0.15) is 0 Å². The molecule has 0 aliphatic carbocycles. The first-order valence-electron chi connectivity index (χ1n) is 6.12. The number of hydrogen-bond acceptors (Lipinski definition) is 5. The van der Waals surface area contributed by atoms with Crippen molar-refractivity contribution in [3.63, 3.8) is 0 Å². The monoisotopic (exact) mass is 309 g/mol. The third-order valence-corrected chi connectivity index (χ3v) is 3.31. The van der Waals surface area contributed by atoms with Crippen LogP contribution in [0.3, 0.4) is 0 Å². The molecule has 0 fully saturated rings. The van der Waals surface area contributed by atoms with E-state index in [4.69, 9.17) is 16.3 Å². The third-order valence-electron chi connectivity index (χ3n) is 2.31. The number of hydrogen-bond donors (Lipinski definition) is 0. The molecule has 6 heteroatoms. The van der Waals surface area contributed by atoms with E-state index in [-0.39, 0.29) is 4.75 Å². The first-order valence-corrected chi connectivity index (χ1v) is 7.27. The zero-order valence-corrected chi connectivity index (χ0v) is 13.4. The van der Waals surface area contributed by atoms with Gasteiger partial charge in [-0.25, -0.2) is 14.4 Å². The smallest absolute Gasteiger partial charge is 0.241 e. The summed E-state index contributed by atoms with van der Waals surface area (Å²) in [7, 11) is 1.57. The molecule has 0 amide bonds. The molecule has 2 aromatic rings. The van der Waals surface area contributed by atoms with Crippen LogP contribution in [-0.4, -0.2) is 28.0 Å². The molecule has 20 heavy (non-hydrogen) atoms. The van der Waals surface area contributed by atoms with Crippen molar-refractivity contribution < 1.29 is 4.74 Å². The molecule has 1 aromatic carbocycles. The van der Waals surface area contributed by atoms with Crippen molar-refractivity contribution in [3.05, 3.63) is 28.9 Å². The van der Waals surface area contributed by atoms with Gasteiger partial charge in [0.15, 0.2) is 0 Å². The van der Waals surface area contributed by atoms with Crippen molar-refractivity contribution in [1.82, 2.24) is 9.97 Å². The number of rotatable bonds is 3. The van der Waals surface area contributed by atoms with E-state index in [2.05, 4.69) is 35.1 Å². The molecule has 0 radical (unpaired) electrons. The Morgan fingerprint density at radius 1 is 1.25 bits per heavy atom. The maximum Gasteiger partial charge on any atom is 0.241 e. The average Bonchev–Trinajstić information content (AvgIpc) is 2.36. The van der Waals surface area contributed by atoms with Crippen LogP contribution >= 0.6 is 23.5 Å². The first-order chi connectivity index (χ1) is 9.39. The van der Waals surface area contributed by atoms with E-state index in [1.165, 1.54) is 11.9 Å². The standard InChI is InChI=1S/C14H16ClN3OS/c1-14(2,3)20-16-8-12-13(19-4)18-10-6-5-9(15)7-11(10)17-12/h5-8H,1-4H3/b16-8+. The fourth-order valence-electron chi connectivity index (χ4n) is 1.49. The Hall–Kier alpha value is -1.33. The van der Waals surface area contributed by atoms with E-state index in [0.29, 0.717) is 16.6 Å². The molecule has 0 aliphatic rings. The third kappa shape index (κ3) is 3.84. The number of benzene rings is 1. The van der Waals surface area contributed by atoms with E-state index in [0.717, 1.165) is 11.0 Å². The van der Waals surface area contributed by atoms with E-state index in [1.807, 2.05) is 6.07 Å². The molecule has 0 N–H and O–H groups in total. The van der Waals surface area contributed by atoms with E-state index in [1.54, 1.807) is 25.5 Å². The zero-order chi connectivity index (χ0) is 14.8. The number of halogens is 1. The Labute approximate surface area is 127 Å². The van der Waals surface area contributed by atoms with Crippen molar-refractivity contribution >= 4 is 40.8 Å². The number of ether oxygens (including phenoxy) is 1. The highest BCUT2D eigenvalue weighted by atomic mass is 35.5. The van der Waals surface area contributed by atoms with Gasteiger partial charge < -0.3 is 4.74 Å². The number of nitrogens with zero attached hydrogens (tertiary/aromatic N) is 3. The minimum Gasteiger partial charge on any atom is -0.479 e. The van der Waals surface area contributed by atoms with Crippen LogP contribution in [0.25, 0.3) is 11.0 Å². The number of methoxy groups -OCH3 is 1. The molecular weight excluding hydrogens is 294 g/mol. The Bertz CT molecular complexity index is 653. The van der Waals surface area contributed by atoms with Gasteiger partial charge in [0.25, 0.3) is 0 Å². The number of fused-ring (bicyclic) bond motifs is 1. The van der Waals surface area contributed by atoms with E-state index >= 15 is 0 Å². The summed E-state index contributed by atoms with van der Waals surface area (Å²) in [5.74, 6) is 0.457. The molecule has 0 spiro atoms. The molecule has 1 aromatic heterocycles. The fraction of sp³-hybridized carbons (Fsp3) is 0.357. The molecule has 0 saturated heterocycles. The predicted octanol–water partition coefficient (Wildman–Crippen LogP) is 4.16. The second-order valence-electron chi connectivity index (χ2n) is 5.19. The van der Waals surface area contributed by atoms with Gasteiger partial charge in [-0.05, 0) is 50.9 Å². The van der Waals surface area contributed by atoms with Crippen LogP contribution < -0.4 is 4.74 Å². The van der Waals surface area contributed by atoms with Gasteiger partial charge in [-0.3, -0.25) is 0 Å². The normalized spacial score (nSPS) is 12.2. The molecule has 2 rings (SSSR count). The summed E-state index contributed by atoms with van der Waals surface area (Å²) in [6.07, 6.45) is 1.67. The fourth-order valence-corrected chi connectivity index (χ4v) is 2.13. The second kappa shape index (κ2) is 5.97. The quantitative estimate of drug-likeness (QED) is 0.631. The highest BCUT2D eigenvalue weighted by molar-refractivity contribution is 7.99. The maximum absolute atomic E-state index is 5.97. The largest absolute Gasteiger partial charge is 0.479 e. The van der Waals surface area contributed by atoms with Crippen molar-refractivity contribution in [2.75, 3.05) is 7.11 Å². The topological polar surface area (TPSA) is 47.4 Å². The van der Waals surface area contributed by atoms with Crippen LogP contribution in [0.5, 0.6) is 5.88 Å². The Morgan fingerprint density at radius 2 is 2.00 bits per heavy atom. The van der Waals surface area contributed by atoms with Crippen molar-refractivity contribution in [3.8, 4) is 5.88 Å². The summed E-state index contributed by atoms with van der Waals surface area (Å²) >= 11 is 7.45.